The number of aromatic nitrogens is 2. The van der Waals surface area contributed by atoms with Gasteiger partial charge in [-0.25, -0.2) is 9.48 Å². The van der Waals surface area contributed by atoms with Crippen molar-refractivity contribution in [1.29, 1.82) is 0 Å². The molecule has 0 aliphatic heterocycles. The van der Waals surface area contributed by atoms with Gasteiger partial charge in [0, 0.05) is 28.1 Å². The van der Waals surface area contributed by atoms with Crippen LogP contribution in [0.4, 0.5) is 5.82 Å². The maximum Gasteiger partial charge on any atom is 0.336 e. The van der Waals surface area contributed by atoms with Gasteiger partial charge in [0.15, 0.2) is 6.61 Å². The second-order valence-corrected chi connectivity index (χ2v) is 7.21. The molecule has 0 bridgehead atoms. The summed E-state index contributed by atoms with van der Waals surface area (Å²) >= 11 is 3.45. The highest BCUT2D eigenvalue weighted by molar-refractivity contribution is 9.10. The summed E-state index contributed by atoms with van der Waals surface area (Å²) in [6.45, 7) is 0.331. The molecule has 0 fully saturated rings. The van der Waals surface area contributed by atoms with E-state index in [0.717, 1.165) is 15.4 Å². The molecule has 146 valence electrons. The van der Waals surface area contributed by atoms with Crippen LogP contribution in [-0.2, 0) is 11.3 Å². The lowest BCUT2D eigenvalue weighted by Gasteiger charge is -2.10. The summed E-state index contributed by atoms with van der Waals surface area (Å²) in [5.74, 6) is 0.684. The third kappa shape index (κ3) is 4.72. The van der Waals surface area contributed by atoms with E-state index in [1.807, 2.05) is 24.3 Å². The normalized spacial score (nSPS) is 10.8. The van der Waals surface area contributed by atoms with Gasteiger partial charge in [0.05, 0.1) is 12.7 Å². The molecule has 0 spiro atoms. The smallest absolute Gasteiger partial charge is 0.336 e. The van der Waals surface area contributed by atoms with Crippen LogP contribution in [0, 0.1) is 0 Å². The fraction of sp³-hybridized carbons (Fsp3) is 0.0952. The molecule has 0 saturated heterocycles. The number of amides is 1. The molecule has 0 radical (unpaired) electrons. The van der Waals surface area contributed by atoms with E-state index in [4.69, 9.17) is 9.15 Å². The van der Waals surface area contributed by atoms with Crippen LogP contribution in [0.3, 0.4) is 0 Å². The number of ether oxygens (including phenoxy) is 1. The zero-order chi connectivity index (χ0) is 20.2. The van der Waals surface area contributed by atoms with E-state index in [1.54, 1.807) is 41.2 Å². The van der Waals surface area contributed by atoms with Crippen molar-refractivity contribution in [2.45, 2.75) is 6.54 Å². The van der Waals surface area contributed by atoms with E-state index in [0.29, 0.717) is 23.7 Å². The Hall–Kier alpha value is -3.39. The summed E-state index contributed by atoms with van der Waals surface area (Å²) in [5, 5.41) is 7.83. The van der Waals surface area contributed by atoms with Gasteiger partial charge >= 0.3 is 5.63 Å². The molecule has 8 heteroatoms. The molecule has 2 aromatic heterocycles. The first-order valence-electron chi connectivity index (χ1n) is 8.80. The SMILES string of the molecule is O=C(COc1ccc2ccc(=O)oc2c1)Nc1ccnn1Cc1cccc(Br)c1. The second-order valence-electron chi connectivity index (χ2n) is 6.29. The first-order chi connectivity index (χ1) is 14.1. The molecule has 2 heterocycles. The molecule has 7 nitrogen and oxygen atoms in total. The van der Waals surface area contributed by atoms with Crippen LogP contribution in [0.2, 0.25) is 0 Å². The first-order valence-corrected chi connectivity index (χ1v) is 9.59. The Bertz CT molecular complexity index is 1230. The molecule has 1 amide bonds. The average molecular weight is 454 g/mol. The molecule has 29 heavy (non-hydrogen) atoms. The number of hydrogen-bond donors (Lipinski definition) is 1. The Morgan fingerprint density at radius 3 is 2.86 bits per heavy atom. The number of nitrogens with zero attached hydrogens (tertiary/aromatic N) is 2. The monoisotopic (exact) mass is 453 g/mol. The largest absolute Gasteiger partial charge is 0.484 e. The van der Waals surface area contributed by atoms with E-state index in [-0.39, 0.29) is 12.5 Å². The summed E-state index contributed by atoms with van der Waals surface area (Å²) in [6.07, 6.45) is 1.62. The van der Waals surface area contributed by atoms with Crippen LogP contribution >= 0.6 is 15.9 Å². The van der Waals surface area contributed by atoms with Crippen molar-refractivity contribution >= 4 is 38.6 Å². The number of halogens is 1. The Morgan fingerprint density at radius 1 is 1.14 bits per heavy atom. The van der Waals surface area contributed by atoms with Crippen molar-refractivity contribution in [3.8, 4) is 5.75 Å². The quantitative estimate of drug-likeness (QED) is 0.448. The standard InChI is InChI=1S/C21H16BrN3O4/c22-16-3-1-2-14(10-16)12-25-19(8-9-23-25)24-20(26)13-28-17-6-4-15-5-7-21(27)29-18(15)11-17/h1-11H,12-13H2,(H,24,26). The summed E-state index contributed by atoms with van der Waals surface area (Å²) in [6, 6.07) is 17.7. The number of rotatable bonds is 6. The molecule has 0 unspecified atom stereocenters. The van der Waals surface area contributed by atoms with Crippen molar-refractivity contribution in [2.75, 3.05) is 11.9 Å². The van der Waals surface area contributed by atoms with Gasteiger partial charge in [0.1, 0.15) is 17.2 Å². The highest BCUT2D eigenvalue weighted by Gasteiger charge is 2.09. The van der Waals surface area contributed by atoms with E-state index in [1.165, 1.54) is 6.07 Å². The molecule has 1 N–H and O–H groups in total. The van der Waals surface area contributed by atoms with Gasteiger partial charge in [0.25, 0.3) is 5.91 Å². The van der Waals surface area contributed by atoms with Gasteiger partial charge in [-0.05, 0) is 35.9 Å². The zero-order valence-electron chi connectivity index (χ0n) is 15.2. The van der Waals surface area contributed by atoms with E-state index >= 15 is 0 Å². The lowest BCUT2D eigenvalue weighted by Crippen LogP contribution is -2.22. The number of hydrogen-bond acceptors (Lipinski definition) is 5. The molecule has 0 saturated carbocycles. The molecule has 4 aromatic rings. The van der Waals surface area contributed by atoms with Crippen molar-refractivity contribution < 1.29 is 13.9 Å². The molecular formula is C21H16BrN3O4. The highest BCUT2D eigenvalue weighted by Crippen LogP contribution is 2.19. The molecular weight excluding hydrogens is 438 g/mol. The van der Waals surface area contributed by atoms with Gasteiger partial charge in [-0.3, -0.25) is 4.79 Å². The van der Waals surface area contributed by atoms with Crippen LogP contribution in [0.25, 0.3) is 11.0 Å². The molecule has 4 rings (SSSR count). The van der Waals surface area contributed by atoms with Gasteiger partial charge in [-0.2, -0.15) is 5.10 Å². The van der Waals surface area contributed by atoms with Gasteiger partial charge in [-0.15, -0.1) is 0 Å². The Labute approximate surface area is 174 Å². The van der Waals surface area contributed by atoms with Gasteiger partial charge < -0.3 is 14.5 Å². The Kier molecular flexibility index (Phi) is 5.44. The zero-order valence-corrected chi connectivity index (χ0v) is 16.8. The predicted molar refractivity (Wildman–Crippen MR) is 112 cm³/mol. The average Bonchev–Trinajstić information content (AvgIpc) is 3.12. The summed E-state index contributed by atoms with van der Waals surface area (Å²) in [4.78, 5) is 23.6. The van der Waals surface area contributed by atoms with Crippen LogP contribution in [0.15, 0.2) is 80.5 Å². The van der Waals surface area contributed by atoms with Gasteiger partial charge in [-0.1, -0.05) is 28.1 Å². The van der Waals surface area contributed by atoms with E-state index in [2.05, 4.69) is 26.3 Å². The summed E-state index contributed by atoms with van der Waals surface area (Å²) < 4.78 is 13.3. The Balaban J connectivity index is 1.39. The highest BCUT2D eigenvalue weighted by atomic mass is 79.9. The minimum Gasteiger partial charge on any atom is -0.484 e. The molecule has 0 atom stereocenters. The van der Waals surface area contributed by atoms with E-state index < -0.39 is 5.63 Å². The van der Waals surface area contributed by atoms with E-state index in [9.17, 15) is 9.59 Å². The molecule has 0 aliphatic rings. The van der Waals surface area contributed by atoms with Crippen molar-refractivity contribution in [2.24, 2.45) is 0 Å². The van der Waals surface area contributed by atoms with Crippen LogP contribution in [0.1, 0.15) is 5.56 Å². The maximum atomic E-state index is 12.3. The lowest BCUT2D eigenvalue weighted by molar-refractivity contribution is -0.118. The maximum absolute atomic E-state index is 12.3. The van der Waals surface area contributed by atoms with Gasteiger partial charge in [0.2, 0.25) is 0 Å². The minimum absolute atomic E-state index is 0.190. The topological polar surface area (TPSA) is 86.4 Å². The van der Waals surface area contributed by atoms with Crippen molar-refractivity contribution in [1.82, 2.24) is 9.78 Å². The third-order valence-corrected chi connectivity index (χ3v) is 4.66. The number of nitrogens with one attached hydrogen (secondary N) is 1. The first kappa shape index (κ1) is 18.9. The number of carbonyl (C=O) groups is 1. The predicted octanol–water partition coefficient (Wildman–Crippen LogP) is 3.82. The molecule has 2 aromatic carbocycles. The lowest BCUT2D eigenvalue weighted by atomic mass is 10.2. The fourth-order valence-electron chi connectivity index (χ4n) is 2.83. The van der Waals surface area contributed by atoms with Crippen LogP contribution in [-0.4, -0.2) is 22.3 Å². The second kappa shape index (κ2) is 8.32. The third-order valence-electron chi connectivity index (χ3n) is 4.17. The number of fused-ring (bicyclic) bond motifs is 1. The van der Waals surface area contributed by atoms with Crippen LogP contribution in [0.5, 0.6) is 5.75 Å². The summed E-state index contributed by atoms with van der Waals surface area (Å²) in [7, 11) is 0. The number of carbonyl (C=O) groups excluding carboxylic acids is 1. The fourth-order valence-corrected chi connectivity index (χ4v) is 3.28. The number of anilines is 1. The summed E-state index contributed by atoms with van der Waals surface area (Å²) in [5.41, 5.74) is 1.01. The Morgan fingerprint density at radius 2 is 2.00 bits per heavy atom. The van der Waals surface area contributed by atoms with Crippen molar-refractivity contribution in [3.05, 3.63) is 87.3 Å². The molecule has 0 aliphatic carbocycles. The van der Waals surface area contributed by atoms with Crippen LogP contribution < -0.4 is 15.7 Å². The number of benzene rings is 2. The van der Waals surface area contributed by atoms with Crippen molar-refractivity contribution in [3.63, 3.8) is 0 Å². The minimum atomic E-state index is -0.439.